The lowest BCUT2D eigenvalue weighted by atomic mass is 10.1. The van der Waals surface area contributed by atoms with E-state index in [0.29, 0.717) is 0 Å². The second-order valence-electron chi connectivity index (χ2n) is 21.5. The van der Waals surface area contributed by atoms with Crippen molar-refractivity contribution in [2.45, 2.75) is 77.0 Å². The number of nitrogens with zero attached hydrogens (tertiary/aromatic N) is 10. The van der Waals surface area contributed by atoms with Crippen molar-refractivity contribution in [3.05, 3.63) is 0 Å². The number of piperidine rings is 1. The first-order valence-corrected chi connectivity index (χ1v) is 31.4. The number of rotatable bonds is 0. The molecule has 10 aliphatic rings. The average molecular weight is 1060 g/mol. The largest absolute Gasteiger partial charge is 0.380 e. The van der Waals surface area contributed by atoms with Crippen LogP contribution in [-0.4, -0.2) is 333 Å². The van der Waals surface area contributed by atoms with E-state index in [0.717, 1.165) is 85.6 Å². The fourth-order valence-corrected chi connectivity index (χ4v) is 10.5. The van der Waals surface area contributed by atoms with Crippen LogP contribution >= 0.6 is 23.5 Å². The Morgan fingerprint density at radius 1 is 0.236 bits per heavy atom. The molecule has 0 atom stereocenters. The zero-order chi connectivity index (χ0) is 52.5. The quantitative estimate of drug-likeness (QED) is 0.353. The fourth-order valence-electron chi connectivity index (χ4n) is 8.47. The summed E-state index contributed by atoms with van der Waals surface area (Å²) in [6.45, 7) is 33.6. The number of hydrogen-bond donors (Lipinski definition) is 2. The van der Waals surface area contributed by atoms with Gasteiger partial charge in [-0.05, 0) is 193 Å². The predicted molar refractivity (Wildman–Crippen MR) is 318 cm³/mol. The molecule has 432 valence electrons. The van der Waals surface area contributed by atoms with E-state index in [1.165, 1.54) is 205 Å². The van der Waals surface area contributed by atoms with Crippen molar-refractivity contribution in [3.8, 4) is 0 Å². The van der Waals surface area contributed by atoms with Crippen LogP contribution < -0.4 is 10.6 Å². The third-order valence-electron chi connectivity index (χ3n) is 13.9. The van der Waals surface area contributed by atoms with E-state index >= 15 is 0 Å². The summed E-state index contributed by atoms with van der Waals surface area (Å²) in [5.41, 5.74) is 0. The van der Waals surface area contributed by atoms with Gasteiger partial charge >= 0.3 is 0 Å². The Hall–Kier alpha value is 0.1000. The zero-order valence-corrected chi connectivity index (χ0v) is 51.0. The summed E-state index contributed by atoms with van der Waals surface area (Å²) < 4.78 is 15.3. The number of ether oxygens (including phenoxy) is 3. The molecule has 15 nitrogen and oxygen atoms in total. The summed E-state index contributed by atoms with van der Waals surface area (Å²) in [5.74, 6) is 5.36. The lowest BCUT2D eigenvalue weighted by molar-refractivity contribution is 0.0503. The molecule has 10 heterocycles. The van der Waals surface area contributed by atoms with Gasteiger partial charge in [-0.2, -0.15) is 23.5 Å². The molecule has 0 aromatic rings. The van der Waals surface area contributed by atoms with Crippen molar-refractivity contribution in [3.63, 3.8) is 0 Å². The molecule has 10 saturated heterocycles. The topological polar surface area (TPSA) is 84.2 Å². The van der Waals surface area contributed by atoms with Gasteiger partial charge in [0.15, 0.2) is 0 Å². The van der Waals surface area contributed by atoms with Crippen LogP contribution in [0.3, 0.4) is 0 Å². The maximum atomic E-state index is 5.22. The van der Waals surface area contributed by atoms with Crippen molar-refractivity contribution in [1.82, 2.24) is 59.6 Å². The second-order valence-corrected chi connectivity index (χ2v) is 24.0. The monoisotopic (exact) mass is 1060 g/mol. The molecule has 0 amide bonds. The van der Waals surface area contributed by atoms with Crippen molar-refractivity contribution in [2.24, 2.45) is 0 Å². The van der Waals surface area contributed by atoms with Gasteiger partial charge in [0.1, 0.15) is 0 Å². The Bertz CT molecular complexity index is 901. The van der Waals surface area contributed by atoms with Gasteiger partial charge in [-0.15, -0.1) is 0 Å². The highest BCUT2D eigenvalue weighted by molar-refractivity contribution is 7.99. The van der Waals surface area contributed by atoms with Crippen LogP contribution in [0.2, 0.25) is 0 Å². The van der Waals surface area contributed by atoms with Crippen LogP contribution in [0.15, 0.2) is 0 Å². The Balaban J connectivity index is 0.000000401. The molecule has 0 saturated carbocycles. The summed E-state index contributed by atoms with van der Waals surface area (Å²) in [7, 11) is 21.6. The summed E-state index contributed by atoms with van der Waals surface area (Å²) >= 11 is 4.13. The van der Waals surface area contributed by atoms with Crippen LogP contribution in [0.4, 0.5) is 0 Å². The fraction of sp³-hybridized carbons (Fsp3) is 1.00. The molecule has 10 fully saturated rings. The maximum Gasteiger partial charge on any atom is 0.0989 e. The Labute approximate surface area is 456 Å². The van der Waals surface area contributed by atoms with Crippen LogP contribution in [0, 0.1) is 0 Å². The lowest BCUT2D eigenvalue weighted by Crippen LogP contribution is -2.40. The summed E-state index contributed by atoms with van der Waals surface area (Å²) in [5, 5.41) is 6.61. The minimum atomic E-state index is 0.819. The molecule has 0 radical (unpaired) electrons. The van der Waals surface area contributed by atoms with Crippen molar-refractivity contribution in [2.75, 3.05) is 284 Å². The molecule has 72 heavy (non-hydrogen) atoms. The number of nitrogens with one attached hydrogen (secondary N) is 2. The molecule has 2 N–H and O–H groups in total. The molecule has 0 bridgehead atoms. The smallest absolute Gasteiger partial charge is 0.0989 e. The van der Waals surface area contributed by atoms with Gasteiger partial charge in [0.05, 0.1) is 33.2 Å². The van der Waals surface area contributed by atoms with E-state index in [2.05, 4.69) is 147 Å². The summed E-state index contributed by atoms with van der Waals surface area (Å²) in [6.07, 6.45) is 16.7. The Morgan fingerprint density at radius 3 is 0.958 bits per heavy atom. The lowest BCUT2D eigenvalue weighted by Gasteiger charge is -2.21. The zero-order valence-electron chi connectivity index (χ0n) is 49.3. The number of likely N-dealkylation sites (N-methyl/N-ethyl adjacent to an activating group) is 5. The van der Waals surface area contributed by atoms with Gasteiger partial charge in [0, 0.05) is 115 Å². The van der Waals surface area contributed by atoms with E-state index in [4.69, 9.17) is 14.2 Å². The van der Waals surface area contributed by atoms with Crippen LogP contribution in [0.25, 0.3) is 0 Å². The van der Waals surface area contributed by atoms with Crippen molar-refractivity contribution in [1.29, 1.82) is 0 Å². The van der Waals surface area contributed by atoms with Crippen LogP contribution in [0.1, 0.15) is 77.0 Å². The SMILES string of the molecule is CN1CCCC1.CN1CCCCC1.CN1CCCCCC1.CN1CCCNCC1.CN1CCCOCC1.CN1CCCSCC1.CN1CCNCC1.CN1CCOC1.CN1CCOCC1.CN1CCSCC1. The van der Waals surface area contributed by atoms with Gasteiger partial charge in [-0.1, -0.05) is 19.3 Å². The maximum absolute atomic E-state index is 5.22. The third kappa shape index (κ3) is 49.7. The van der Waals surface area contributed by atoms with Gasteiger partial charge < -0.3 is 68.9 Å². The van der Waals surface area contributed by atoms with Crippen molar-refractivity contribution >= 4 is 23.5 Å². The molecule has 10 rings (SSSR count). The molecule has 0 aliphatic carbocycles. The number of thioether (sulfide) groups is 2. The van der Waals surface area contributed by atoms with E-state index in [1.54, 1.807) is 0 Å². The van der Waals surface area contributed by atoms with E-state index in [9.17, 15) is 0 Å². The molecule has 0 unspecified atom stereocenters. The van der Waals surface area contributed by atoms with E-state index in [-0.39, 0.29) is 0 Å². The normalized spacial score (nSPS) is 25.2. The minimum Gasteiger partial charge on any atom is -0.380 e. The van der Waals surface area contributed by atoms with Gasteiger partial charge in [0.2, 0.25) is 0 Å². The van der Waals surface area contributed by atoms with Crippen LogP contribution in [0.5, 0.6) is 0 Å². The van der Waals surface area contributed by atoms with E-state index < -0.39 is 0 Å². The van der Waals surface area contributed by atoms with Gasteiger partial charge in [0.25, 0.3) is 0 Å². The standard InChI is InChI=1S/C7H15N.C6H14N2.C6H13NO.C6H13NS.C6H13N.C5H12N2.C5H11NO.C5H11NS.C5H11N.C4H9NO/c1-8-6-4-2-3-5-7-8;1-8-5-2-3-7-4-6-8;2*1-7-3-2-5-8-6-4-7;1-7-5-3-2-4-6-7;1-7-4-2-6-3-5-7;2*1-6-2-4-7-5-3-6;1-6-4-2-3-5-6;1-5-2-3-6-4-5/h2-7H2,1H3;7H,2-6H2,1H3;2*2-6H2,1H3;2-6H2,1H3;6H,2-5H2,1H3;2*2-5H2,1H3;2-5H2,1H3;2-4H2,1H3. The highest BCUT2D eigenvalue weighted by atomic mass is 32.2. The molecular formula is C55H122N12O3S2. The number of likely N-dealkylation sites (tertiary alicyclic amines) is 3. The molecule has 0 aromatic heterocycles. The highest BCUT2D eigenvalue weighted by Crippen LogP contribution is 2.09. The molecule has 10 aliphatic heterocycles. The van der Waals surface area contributed by atoms with Gasteiger partial charge in [-0.25, -0.2) is 0 Å². The summed E-state index contributed by atoms with van der Waals surface area (Å²) in [6, 6.07) is 0. The molecule has 0 spiro atoms. The minimum absolute atomic E-state index is 0.819. The summed E-state index contributed by atoms with van der Waals surface area (Å²) in [4.78, 5) is 23.3. The third-order valence-corrected chi connectivity index (χ3v) is 15.9. The predicted octanol–water partition coefficient (Wildman–Crippen LogP) is 4.65. The van der Waals surface area contributed by atoms with Crippen molar-refractivity contribution < 1.29 is 14.2 Å². The Morgan fingerprint density at radius 2 is 0.542 bits per heavy atom. The first-order chi connectivity index (χ1) is 34.9. The number of morpholine rings is 1. The first kappa shape index (κ1) is 70.1. The first-order valence-electron chi connectivity index (χ1n) is 29.1. The highest BCUT2D eigenvalue weighted by Gasteiger charge is 2.08. The van der Waals surface area contributed by atoms with Crippen LogP contribution in [-0.2, 0) is 14.2 Å². The second kappa shape index (κ2) is 51.8. The Kier molecular flexibility index (Phi) is 50.5. The van der Waals surface area contributed by atoms with E-state index in [1.807, 2.05) is 7.05 Å². The number of hydrogen-bond acceptors (Lipinski definition) is 17. The number of piperazine rings is 1. The average Bonchev–Trinajstić information content (AvgIpc) is 3.68. The molecule has 0 aromatic carbocycles. The molecule has 17 heteroatoms. The molecular weight excluding hydrogens is 941 g/mol. The van der Waals surface area contributed by atoms with Gasteiger partial charge in [-0.3, -0.25) is 4.90 Å².